The molecule has 1 rings (SSSR count). The van der Waals surface area contributed by atoms with Gasteiger partial charge in [0.25, 0.3) is 6.43 Å². The SMILES string of the molecule is Cl.N[C@H](c1cccc(F)c1Br)C(F)F. The number of hydrogen-bond donors (Lipinski definition) is 1. The first kappa shape index (κ1) is 13.7. The van der Waals surface area contributed by atoms with Crippen molar-refractivity contribution in [3.8, 4) is 0 Å². The third kappa shape index (κ3) is 2.87. The quantitative estimate of drug-likeness (QED) is 0.889. The summed E-state index contributed by atoms with van der Waals surface area (Å²) in [4.78, 5) is 0. The molecule has 0 unspecified atom stereocenters. The van der Waals surface area contributed by atoms with Gasteiger partial charge in [0.2, 0.25) is 0 Å². The van der Waals surface area contributed by atoms with E-state index in [2.05, 4.69) is 15.9 Å². The molecule has 1 aromatic rings. The molecule has 2 N–H and O–H groups in total. The lowest BCUT2D eigenvalue weighted by atomic mass is 10.1. The smallest absolute Gasteiger partial charge is 0.257 e. The number of rotatable bonds is 2. The molecule has 0 fully saturated rings. The van der Waals surface area contributed by atoms with Crippen molar-refractivity contribution < 1.29 is 13.2 Å². The summed E-state index contributed by atoms with van der Waals surface area (Å²) in [5.74, 6) is -0.589. The molecule has 0 radical (unpaired) electrons. The van der Waals surface area contributed by atoms with Gasteiger partial charge in [0, 0.05) is 0 Å². The molecule has 0 heterocycles. The fraction of sp³-hybridized carbons (Fsp3) is 0.250. The van der Waals surface area contributed by atoms with Crippen molar-refractivity contribution in [1.29, 1.82) is 0 Å². The summed E-state index contributed by atoms with van der Waals surface area (Å²) in [6.07, 6.45) is -2.70. The zero-order chi connectivity index (χ0) is 10.0. The standard InChI is InChI=1S/C8H7BrF3N.ClH/c9-6-4(7(13)8(11)12)2-1-3-5(6)10;/h1-3,7-8H,13H2;1H/t7-;/m1./s1. The lowest BCUT2D eigenvalue weighted by Gasteiger charge is -2.12. The van der Waals surface area contributed by atoms with Crippen molar-refractivity contribution in [2.75, 3.05) is 0 Å². The summed E-state index contributed by atoms with van der Waals surface area (Å²) in [7, 11) is 0. The Morgan fingerprint density at radius 2 is 1.86 bits per heavy atom. The van der Waals surface area contributed by atoms with Gasteiger partial charge in [-0.1, -0.05) is 12.1 Å². The average molecular weight is 291 g/mol. The van der Waals surface area contributed by atoms with Crippen molar-refractivity contribution in [1.82, 2.24) is 0 Å². The summed E-state index contributed by atoms with van der Waals surface area (Å²) < 4.78 is 37.2. The Hall–Kier alpha value is -0.260. The molecule has 0 aliphatic carbocycles. The van der Waals surface area contributed by atoms with Crippen molar-refractivity contribution in [2.45, 2.75) is 12.5 Å². The monoisotopic (exact) mass is 289 g/mol. The van der Waals surface area contributed by atoms with Gasteiger partial charge in [-0.3, -0.25) is 0 Å². The summed E-state index contributed by atoms with van der Waals surface area (Å²) in [5.41, 5.74) is 5.24. The predicted octanol–water partition coefficient (Wildman–Crippen LogP) is 3.27. The molecule has 0 aliphatic rings. The Morgan fingerprint density at radius 3 is 2.36 bits per heavy atom. The van der Waals surface area contributed by atoms with Gasteiger partial charge in [-0.2, -0.15) is 0 Å². The van der Waals surface area contributed by atoms with E-state index >= 15 is 0 Å². The van der Waals surface area contributed by atoms with Gasteiger partial charge in [0.05, 0.1) is 10.5 Å². The second-order valence-electron chi connectivity index (χ2n) is 2.50. The highest BCUT2D eigenvalue weighted by atomic mass is 79.9. The molecule has 0 saturated carbocycles. The summed E-state index contributed by atoms with van der Waals surface area (Å²) in [6.45, 7) is 0. The van der Waals surface area contributed by atoms with Crippen LogP contribution in [0.2, 0.25) is 0 Å². The minimum Gasteiger partial charge on any atom is -0.319 e. The number of benzene rings is 1. The van der Waals surface area contributed by atoms with Crippen LogP contribution in [-0.2, 0) is 0 Å². The van der Waals surface area contributed by atoms with E-state index in [-0.39, 0.29) is 22.4 Å². The van der Waals surface area contributed by atoms with E-state index in [0.29, 0.717) is 0 Å². The lowest BCUT2D eigenvalue weighted by Crippen LogP contribution is -2.19. The maximum absolute atomic E-state index is 12.9. The van der Waals surface area contributed by atoms with Crippen LogP contribution in [0.1, 0.15) is 11.6 Å². The molecular weight excluding hydrogens is 282 g/mol. The van der Waals surface area contributed by atoms with E-state index in [1.165, 1.54) is 18.2 Å². The van der Waals surface area contributed by atoms with E-state index in [0.717, 1.165) is 0 Å². The van der Waals surface area contributed by atoms with Crippen molar-refractivity contribution in [3.63, 3.8) is 0 Å². The Morgan fingerprint density at radius 1 is 1.29 bits per heavy atom. The van der Waals surface area contributed by atoms with Crippen LogP contribution in [0.3, 0.4) is 0 Å². The zero-order valence-corrected chi connectivity index (χ0v) is 9.29. The third-order valence-electron chi connectivity index (χ3n) is 1.61. The van der Waals surface area contributed by atoms with Gasteiger partial charge in [0.15, 0.2) is 0 Å². The van der Waals surface area contributed by atoms with Gasteiger partial charge in [-0.05, 0) is 27.6 Å². The molecule has 0 spiro atoms. The summed E-state index contributed by atoms with van der Waals surface area (Å²) in [6, 6.07) is 2.43. The molecule has 1 nitrogen and oxygen atoms in total. The molecule has 80 valence electrons. The van der Waals surface area contributed by atoms with E-state index in [1.807, 2.05) is 0 Å². The number of hydrogen-bond acceptors (Lipinski definition) is 1. The Balaban J connectivity index is 0.00000169. The third-order valence-corrected chi connectivity index (χ3v) is 2.45. The van der Waals surface area contributed by atoms with E-state index in [4.69, 9.17) is 5.73 Å². The highest BCUT2D eigenvalue weighted by molar-refractivity contribution is 9.10. The maximum atomic E-state index is 12.9. The fourth-order valence-corrected chi connectivity index (χ4v) is 1.44. The Labute approximate surface area is 94.0 Å². The molecule has 1 aromatic carbocycles. The van der Waals surface area contributed by atoms with Crippen molar-refractivity contribution in [2.24, 2.45) is 5.73 Å². The van der Waals surface area contributed by atoms with E-state index in [1.54, 1.807) is 0 Å². The minimum atomic E-state index is -2.70. The summed E-state index contributed by atoms with van der Waals surface area (Å²) >= 11 is 2.86. The molecular formula is C8H8BrClF3N. The van der Waals surface area contributed by atoms with E-state index in [9.17, 15) is 13.2 Å². The van der Waals surface area contributed by atoms with Gasteiger partial charge >= 0.3 is 0 Å². The maximum Gasteiger partial charge on any atom is 0.257 e. The van der Waals surface area contributed by atoms with Gasteiger partial charge in [-0.15, -0.1) is 12.4 Å². The normalized spacial score (nSPS) is 12.4. The topological polar surface area (TPSA) is 26.0 Å². The molecule has 0 bridgehead atoms. The minimum absolute atomic E-state index is 0. The van der Waals surface area contributed by atoms with Crippen molar-refractivity contribution >= 4 is 28.3 Å². The van der Waals surface area contributed by atoms with Crippen LogP contribution in [-0.4, -0.2) is 6.43 Å². The Kier molecular flexibility index (Phi) is 5.48. The first-order valence-electron chi connectivity index (χ1n) is 3.51. The molecule has 6 heteroatoms. The van der Waals surface area contributed by atoms with Crippen LogP contribution < -0.4 is 5.73 Å². The second-order valence-corrected chi connectivity index (χ2v) is 3.30. The first-order chi connectivity index (χ1) is 6.04. The van der Waals surface area contributed by atoms with Gasteiger partial charge in [0.1, 0.15) is 5.82 Å². The average Bonchev–Trinajstić information content (AvgIpc) is 2.08. The summed E-state index contributed by atoms with van der Waals surface area (Å²) in [5, 5.41) is 0. The van der Waals surface area contributed by atoms with Crippen LogP contribution in [0.25, 0.3) is 0 Å². The molecule has 1 atom stereocenters. The van der Waals surface area contributed by atoms with Crippen LogP contribution >= 0.6 is 28.3 Å². The van der Waals surface area contributed by atoms with Crippen LogP contribution in [0, 0.1) is 5.82 Å². The highest BCUT2D eigenvalue weighted by Crippen LogP contribution is 2.27. The van der Waals surface area contributed by atoms with Gasteiger partial charge in [-0.25, -0.2) is 13.2 Å². The molecule has 14 heavy (non-hydrogen) atoms. The molecule has 0 amide bonds. The number of nitrogens with two attached hydrogens (primary N) is 1. The Bertz CT molecular complexity index is 309. The molecule has 0 aliphatic heterocycles. The second kappa shape index (κ2) is 5.58. The molecule has 0 aromatic heterocycles. The van der Waals surface area contributed by atoms with Crippen LogP contribution in [0.4, 0.5) is 13.2 Å². The fourth-order valence-electron chi connectivity index (χ4n) is 0.914. The molecule has 0 saturated heterocycles. The highest BCUT2D eigenvalue weighted by Gasteiger charge is 2.20. The van der Waals surface area contributed by atoms with E-state index < -0.39 is 18.3 Å². The largest absolute Gasteiger partial charge is 0.319 e. The zero-order valence-electron chi connectivity index (χ0n) is 6.88. The van der Waals surface area contributed by atoms with Crippen molar-refractivity contribution in [3.05, 3.63) is 34.1 Å². The van der Waals surface area contributed by atoms with Gasteiger partial charge < -0.3 is 5.73 Å². The van der Waals surface area contributed by atoms with Crippen LogP contribution in [0.5, 0.6) is 0 Å². The first-order valence-corrected chi connectivity index (χ1v) is 4.31. The number of halogens is 5. The van der Waals surface area contributed by atoms with Crippen LogP contribution in [0.15, 0.2) is 22.7 Å². The predicted molar refractivity (Wildman–Crippen MR) is 54.3 cm³/mol. The number of alkyl halides is 2. The lowest BCUT2D eigenvalue weighted by molar-refractivity contribution is 0.116.